The Morgan fingerprint density at radius 1 is 1.41 bits per heavy atom. The molecule has 2 aromatic rings. The highest BCUT2D eigenvalue weighted by Gasteiger charge is 2.04. The van der Waals surface area contributed by atoms with Gasteiger partial charge in [-0.3, -0.25) is 0 Å². The second-order valence-corrected chi connectivity index (χ2v) is 4.14. The molecule has 17 heavy (non-hydrogen) atoms. The molecular formula is C14H17N3. The lowest BCUT2D eigenvalue weighted by Gasteiger charge is -2.08. The lowest BCUT2D eigenvalue weighted by atomic mass is 10.2. The summed E-state index contributed by atoms with van der Waals surface area (Å²) in [4.78, 5) is 4.46. The second-order valence-electron chi connectivity index (χ2n) is 4.14. The first-order valence-electron chi connectivity index (χ1n) is 5.67. The fourth-order valence-electron chi connectivity index (χ4n) is 1.78. The molecule has 0 radical (unpaired) electrons. The van der Waals surface area contributed by atoms with E-state index < -0.39 is 0 Å². The topological polar surface area (TPSA) is 29.9 Å². The van der Waals surface area contributed by atoms with Crippen LogP contribution in [-0.4, -0.2) is 9.55 Å². The SMILES string of the molecule is C=CCn1cc(C)nc1Nc1cccc(C)c1. The summed E-state index contributed by atoms with van der Waals surface area (Å²) in [6, 6.07) is 8.25. The van der Waals surface area contributed by atoms with Crippen LogP contribution < -0.4 is 5.32 Å². The number of benzene rings is 1. The van der Waals surface area contributed by atoms with Crippen LogP contribution >= 0.6 is 0 Å². The van der Waals surface area contributed by atoms with Crippen molar-refractivity contribution in [2.75, 3.05) is 5.32 Å². The van der Waals surface area contributed by atoms with Crippen molar-refractivity contribution in [3.05, 3.63) is 54.4 Å². The minimum absolute atomic E-state index is 0.759. The minimum atomic E-state index is 0.759. The van der Waals surface area contributed by atoms with Crippen molar-refractivity contribution in [1.29, 1.82) is 0 Å². The molecule has 0 aliphatic rings. The van der Waals surface area contributed by atoms with Gasteiger partial charge in [-0.2, -0.15) is 0 Å². The number of allylic oxidation sites excluding steroid dienone is 1. The monoisotopic (exact) mass is 227 g/mol. The van der Waals surface area contributed by atoms with Crippen LogP contribution in [0.15, 0.2) is 43.1 Å². The van der Waals surface area contributed by atoms with Gasteiger partial charge in [0.15, 0.2) is 0 Å². The molecule has 0 bridgehead atoms. The molecule has 0 unspecified atom stereocenters. The van der Waals surface area contributed by atoms with E-state index in [1.165, 1.54) is 5.56 Å². The van der Waals surface area contributed by atoms with Gasteiger partial charge in [0.2, 0.25) is 5.95 Å². The second kappa shape index (κ2) is 4.87. The first kappa shape index (κ1) is 11.5. The normalized spacial score (nSPS) is 10.2. The molecule has 0 saturated carbocycles. The van der Waals surface area contributed by atoms with Crippen molar-refractivity contribution >= 4 is 11.6 Å². The average Bonchev–Trinajstić information content (AvgIpc) is 2.59. The lowest BCUT2D eigenvalue weighted by Crippen LogP contribution is -2.01. The fraction of sp³-hybridized carbons (Fsp3) is 0.214. The predicted octanol–water partition coefficient (Wildman–Crippen LogP) is 3.43. The number of hydrogen-bond acceptors (Lipinski definition) is 2. The van der Waals surface area contributed by atoms with Crippen LogP contribution in [0.25, 0.3) is 0 Å². The number of nitrogens with zero attached hydrogens (tertiary/aromatic N) is 2. The van der Waals surface area contributed by atoms with E-state index in [4.69, 9.17) is 0 Å². The Morgan fingerprint density at radius 2 is 2.24 bits per heavy atom. The third-order valence-electron chi connectivity index (χ3n) is 2.50. The van der Waals surface area contributed by atoms with Crippen LogP contribution in [0.1, 0.15) is 11.3 Å². The number of imidazole rings is 1. The molecule has 0 amide bonds. The summed E-state index contributed by atoms with van der Waals surface area (Å²) in [5.74, 6) is 0.855. The smallest absolute Gasteiger partial charge is 0.207 e. The first-order chi connectivity index (χ1) is 8.19. The predicted molar refractivity (Wildman–Crippen MR) is 71.6 cm³/mol. The third-order valence-corrected chi connectivity index (χ3v) is 2.50. The third kappa shape index (κ3) is 2.75. The zero-order chi connectivity index (χ0) is 12.3. The van der Waals surface area contributed by atoms with E-state index in [9.17, 15) is 0 Å². The van der Waals surface area contributed by atoms with Crippen LogP contribution in [0.2, 0.25) is 0 Å². The van der Waals surface area contributed by atoms with Gasteiger partial charge in [0.05, 0.1) is 5.69 Å². The molecule has 1 aromatic heterocycles. The highest BCUT2D eigenvalue weighted by Crippen LogP contribution is 2.17. The number of hydrogen-bond donors (Lipinski definition) is 1. The number of aromatic nitrogens is 2. The highest BCUT2D eigenvalue weighted by atomic mass is 15.2. The lowest BCUT2D eigenvalue weighted by molar-refractivity contribution is 0.832. The van der Waals surface area contributed by atoms with Gasteiger partial charge in [0.25, 0.3) is 0 Å². The van der Waals surface area contributed by atoms with Crippen molar-refractivity contribution in [1.82, 2.24) is 9.55 Å². The zero-order valence-corrected chi connectivity index (χ0v) is 10.3. The van der Waals surface area contributed by atoms with Gasteiger partial charge in [-0.1, -0.05) is 18.2 Å². The van der Waals surface area contributed by atoms with Crippen molar-refractivity contribution in [2.24, 2.45) is 0 Å². The summed E-state index contributed by atoms with van der Waals surface area (Å²) < 4.78 is 2.05. The molecule has 0 aliphatic carbocycles. The molecular weight excluding hydrogens is 210 g/mol. The molecule has 2 rings (SSSR count). The van der Waals surface area contributed by atoms with Crippen molar-refractivity contribution in [3.8, 4) is 0 Å². The molecule has 1 heterocycles. The summed E-state index contributed by atoms with van der Waals surface area (Å²) in [6.07, 6.45) is 3.88. The quantitative estimate of drug-likeness (QED) is 0.811. The van der Waals surface area contributed by atoms with Gasteiger partial charge in [0, 0.05) is 18.4 Å². The van der Waals surface area contributed by atoms with E-state index in [1.54, 1.807) is 0 Å². The minimum Gasteiger partial charge on any atom is -0.326 e. The molecule has 0 atom stereocenters. The van der Waals surface area contributed by atoms with E-state index in [-0.39, 0.29) is 0 Å². The summed E-state index contributed by atoms with van der Waals surface area (Å²) in [6.45, 7) is 8.57. The van der Waals surface area contributed by atoms with Crippen molar-refractivity contribution < 1.29 is 0 Å². The Labute approximate surface area is 102 Å². The molecule has 3 nitrogen and oxygen atoms in total. The Morgan fingerprint density at radius 3 is 2.94 bits per heavy atom. The van der Waals surface area contributed by atoms with Crippen molar-refractivity contribution in [3.63, 3.8) is 0 Å². The maximum absolute atomic E-state index is 4.46. The largest absolute Gasteiger partial charge is 0.326 e. The Hall–Kier alpha value is -2.03. The summed E-state index contributed by atoms with van der Waals surface area (Å²) in [5.41, 5.74) is 3.29. The van der Waals surface area contributed by atoms with Gasteiger partial charge in [-0.25, -0.2) is 4.98 Å². The molecule has 0 spiro atoms. The van der Waals surface area contributed by atoms with Gasteiger partial charge < -0.3 is 9.88 Å². The molecule has 0 aliphatic heterocycles. The van der Waals surface area contributed by atoms with Gasteiger partial charge in [0.1, 0.15) is 0 Å². The number of nitrogens with one attached hydrogen (secondary N) is 1. The van der Waals surface area contributed by atoms with E-state index in [1.807, 2.05) is 35.9 Å². The molecule has 88 valence electrons. The maximum Gasteiger partial charge on any atom is 0.207 e. The Balaban J connectivity index is 2.26. The van der Waals surface area contributed by atoms with Crippen LogP contribution in [0.3, 0.4) is 0 Å². The van der Waals surface area contributed by atoms with Crippen LogP contribution in [0.5, 0.6) is 0 Å². The van der Waals surface area contributed by atoms with E-state index >= 15 is 0 Å². The maximum atomic E-state index is 4.46. The molecule has 0 fully saturated rings. The summed E-state index contributed by atoms with van der Waals surface area (Å²) in [7, 11) is 0. The fourth-order valence-corrected chi connectivity index (χ4v) is 1.78. The molecule has 1 aromatic carbocycles. The number of anilines is 2. The average molecular weight is 227 g/mol. The Kier molecular flexibility index (Phi) is 3.28. The van der Waals surface area contributed by atoms with Crippen molar-refractivity contribution in [2.45, 2.75) is 20.4 Å². The van der Waals surface area contributed by atoms with E-state index in [0.717, 1.165) is 23.9 Å². The number of rotatable bonds is 4. The standard InChI is InChI=1S/C14H17N3/c1-4-8-17-10-12(3)15-14(17)16-13-7-5-6-11(2)9-13/h4-7,9-10H,1,8H2,2-3H3,(H,15,16). The van der Waals surface area contributed by atoms with Gasteiger partial charge >= 0.3 is 0 Å². The molecule has 3 heteroatoms. The zero-order valence-electron chi connectivity index (χ0n) is 10.3. The molecule has 0 saturated heterocycles. The van der Waals surface area contributed by atoms with E-state index in [2.05, 4.69) is 35.9 Å². The highest BCUT2D eigenvalue weighted by molar-refractivity contribution is 5.55. The number of aryl methyl sites for hydroxylation is 2. The summed E-state index contributed by atoms with van der Waals surface area (Å²) in [5, 5.41) is 3.32. The first-order valence-corrected chi connectivity index (χ1v) is 5.67. The Bertz CT molecular complexity index is 526. The van der Waals surface area contributed by atoms with Crippen LogP contribution in [0, 0.1) is 13.8 Å². The molecule has 1 N–H and O–H groups in total. The van der Waals surface area contributed by atoms with Crippen LogP contribution in [0.4, 0.5) is 11.6 Å². The summed E-state index contributed by atoms with van der Waals surface area (Å²) >= 11 is 0. The van der Waals surface area contributed by atoms with Gasteiger partial charge in [-0.05, 0) is 31.5 Å². The van der Waals surface area contributed by atoms with Gasteiger partial charge in [-0.15, -0.1) is 6.58 Å². The van der Waals surface area contributed by atoms with Crippen LogP contribution in [-0.2, 0) is 6.54 Å². The van der Waals surface area contributed by atoms with E-state index in [0.29, 0.717) is 0 Å².